The molecule has 0 nitrogen and oxygen atoms in total. The first kappa shape index (κ1) is 6.98. The second-order valence-electron chi connectivity index (χ2n) is 2.30. The Balaban J connectivity index is 2.41. The molecule has 0 amide bonds. The predicted octanol–water partition coefficient (Wildman–Crippen LogP) is 2.81. The maximum Gasteiger partial charge on any atom is 0.114 e. The Labute approximate surface area is 64.1 Å². The summed E-state index contributed by atoms with van der Waals surface area (Å²) >= 11 is 16.8. The van der Waals surface area contributed by atoms with Crippen LogP contribution >= 0.6 is 34.8 Å². The number of alkyl halides is 3. The van der Waals surface area contributed by atoms with E-state index in [0.29, 0.717) is 5.88 Å². The average molecular weight is 173 g/mol. The van der Waals surface area contributed by atoms with Gasteiger partial charge in [-0.1, -0.05) is 0 Å². The Morgan fingerprint density at radius 3 is 1.88 bits per heavy atom. The van der Waals surface area contributed by atoms with E-state index in [9.17, 15) is 0 Å². The molecule has 48 valence electrons. The Hall–Kier alpha value is 0.870. The van der Waals surface area contributed by atoms with Gasteiger partial charge in [-0.15, -0.1) is 34.8 Å². The summed E-state index contributed by atoms with van der Waals surface area (Å²) in [7, 11) is 0. The lowest BCUT2D eigenvalue weighted by Crippen LogP contribution is -2.10. The van der Waals surface area contributed by atoms with Crippen molar-refractivity contribution in [3.8, 4) is 0 Å². The van der Waals surface area contributed by atoms with E-state index >= 15 is 0 Å². The summed E-state index contributed by atoms with van der Waals surface area (Å²) in [5.41, 5.74) is 0.0880. The molecular formula is C5H7Cl3. The summed E-state index contributed by atoms with van der Waals surface area (Å²) in [4.78, 5) is -0.264. The summed E-state index contributed by atoms with van der Waals surface area (Å²) in [6, 6.07) is 0. The van der Waals surface area contributed by atoms with Gasteiger partial charge in [0.1, 0.15) is 4.84 Å². The number of hydrogen-bond acceptors (Lipinski definition) is 0. The number of rotatable bonds is 2. The minimum absolute atomic E-state index is 0.0880. The smallest absolute Gasteiger partial charge is 0.114 e. The minimum atomic E-state index is -0.264. The highest BCUT2D eigenvalue weighted by Gasteiger charge is 2.47. The van der Waals surface area contributed by atoms with Gasteiger partial charge >= 0.3 is 0 Å². The Bertz CT molecular complexity index is 85.7. The molecule has 0 aromatic carbocycles. The normalized spacial score (nSPS) is 24.0. The van der Waals surface area contributed by atoms with E-state index in [-0.39, 0.29) is 10.3 Å². The van der Waals surface area contributed by atoms with Crippen LogP contribution in [0.3, 0.4) is 0 Å². The third-order valence-electron chi connectivity index (χ3n) is 1.62. The van der Waals surface area contributed by atoms with Gasteiger partial charge in [0.25, 0.3) is 0 Å². The third-order valence-corrected chi connectivity index (χ3v) is 3.08. The molecule has 3 heteroatoms. The quantitative estimate of drug-likeness (QED) is 0.563. The minimum Gasteiger partial charge on any atom is -0.126 e. The molecule has 0 heterocycles. The first-order valence-electron chi connectivity index (χ1n) is 2.55. The van der Waals surface area contributed by atoms with E-state index in [0.717, 1.165) is 12.8 Å². The molecule has 0 radical (unpaired) electrons. The zero-order valence-electron chi connectivity index (χ0n) is 4.33. The van der Waals surface area contributed by atoms with Gasteiger partial charge in [0, 0.05) is 11.3 Å². The van der Waals surface area contributed by atoms with Crippen molar-refractivity contribution in [3.05, 3.63) is 0 Å². The van der Waals surface area contributed by atoms with E-state index in [1.54, 1.807) is 0 Å². The zero-order chi connectivity index (χ0) is 6.20. The molecule has 1 saturated carbocycles. The van der Waals surface area contributed by atoms with Crippen LogP contribution in [0.1, 0.15) is 12.8 Å². The van der Waals surface area contributed by atoms with Crippen LogP contribution in [0.25, 0.3) is 0 Å². The van der Waals surface area contributed by atoms with Crippen molar-refractivity contribution in [2.75, 3.05) is 5.88 Å². The molecule has 0 aliphatic heterocycles. The fourth-order valence-electron chi connectivity index (χ4n) is 0.571. The molecule has 0 aromatic heterocycles. The molecule has 1 rings (SSSR count). The Morgan fingerprint density at radius 1 is 1.38 bits per heavy atom. The fraction of sp³-hybridized carbons (Fsp3) is 1.00. The summed E-state index contributed by atoms with van der Waals surface area (Å²) < 4.78 is 0. The van der Waals surface area contributed by atoms with E-state index < -0.39 is 0 Å². The van der Waals surface area contributed by atoms with Gasteiger partial charge in [-0.3, -0.25) is 0 Å². The Morgan fingerprint density at radius 2 is 1.88 bits per heavy atom. The number of hydrogen-bond donors (Lipinski definition) is 0. The van der Waals surface area contributed by atoms with Crippen LogP contribution in [0.5, 0.6) is 0 Å². The van der Waals surface area contributed by atoms with Crippen LogP contribution in [0.15, 0.2) is 0 Å². The molecule has 0 unspecified atom stereocenters. The summed E-state index contributed by atoms with van der Waals surface area (Å²) in [6.45, 7) is 0. The molecule has 1 fully saturated rings. The molecule has 0 saturated heterocycles. The molecular weight excluding hydrogens is 166 g/mol. The average Bonchev–Trinajstić information content (AvgIpc) is 2.44. The lowest BCUT2D eigenvalue weighted by Gasteiger charge is -2.09. The second kappa shape index (κ2) is 2.24. The molecule has 8 heavy (non-hydrogen) atoms. The van der Waals surface area contributed by atoms with Crippen LogP contribution in [0.4, 0.5) is 0 Å². The van der Waals surface area contributed by atoms with Gasteiger partial charge in [-0.2, -0.15) is 0 Å². The van der Waals surface area contributed by atoms with Crippen molar-refractivity contribution in [2.24, 2.45) is 5.41 Å². The van der Waals surface area contributed by atoms with Gasteiger partial charge in [0.05, 0.1) is 0 Å². The standard InChI is InChI=1S/C5H7Cl3/c6-3-5(1-2-5)4(7)8/h4H,1-3H2. The zero-order valence-corrected chi connectivity index (χ0v) is 6.60. The van der Waals surface area contributed by atoms with Crippen LogP contribution < -0.4 is 0 Å². The van der Waals surface area contributed by atoms with Crippen molar-refractivity contribution >= 4 is 34.8 Å². The molecule has 1 aliphatic carbocycles. The van der Waals surface area contributed by atoms with Crippen LogP contribution in [0.2, 0.25) is 0 Å². The first-order chi connectivity index (χ1) is 3.71. The Kier molecular flexibility index (Phi) is 1.96. The van der Waals surface area contributed by atoms with E-state index in [1.165, 1.54) is 0 Å². The van der Waals surface area contributed by atoms with E-state index in [2.05, 4.69) is 0 Å². The SMILES string of the molecule is ClCC1(C(Cl)Cl)CC1. The highest BCUT2D eigenvalue weighted by molar-refractivity contribution is 6.45. The highest BCUT2D eigenvalue weighted by Crippen LogP contribution is 2.53. The van der Waals surface area contributed by atoms with Crippen LogP contribution in [0, 0.1) is 5.41 Å². The van der Waals surface area contributed by atoms with Gasteiger partial charge < -0.3 is 0 Å². The van der Waals surface area contributed by atoms with Crippen molar-refractivity contribution in [1.82, 2.24) is 0 Å². The lowest BCUT2D eigenvalue weighted by atomic mass is 10.2. The molecule has 0 atom stereocenters. The molecule has 0 spiro atoms. The van der Waals surface area contributed by atoms with E-state index in [4.69, 9.17) is 34.8 Å². The highest BCUT2D eigenvalue weighted by atomic mass is 35.5. The molecule has 0 N–H and O–H groups in total. The predicted molar refractivity (Wildman–Crippen MR) is 37.9 cm³/mol. The van der Waals surface area contributed by atoms with Gasteiger partial charge in [-0.25, -0.2) is 0 Å². The van der Waals surface area contributed by atoms with Crippen molar-refractivity contribution < 1.29 is 0 Å². The summed E-state index contributed by atoms with van der Waals surface area (Å²) in [5, 5.41) is 0. The van der Waals surface area contributed by atoms with Gasteiger partial charge in [0.15, 0.2) is 0 Å². The molecule has 0 aromatic rings. The van der Waals surface area contributed by atoms with Crippen molar-refractivity contribution in [3.63, 3.8) is 0 Å². The second-order valence-corrected chi connectivity index (χ2v) is 3.66. The maximum atomic E-state index is 5.61. The molecule has 0 bridgehead atoms. The van der Waals surface area contributed by atoms with Crippen LogP contribution in [-0.2, 0) is 0 Å². The number of halogens is 3. The van der Waals surface area contributed by atoms with E-state index in [1.807, 2.05) is 0 Å². The van der Waals surface area contributed by atoms with Crippen molar-refractivity contribution in [1.29, 1.82) is 0 Å². The topological polar surface area (TPSA) is 0 Å². The van der Waals surface area contributed by atoms with Crippen molar-refractivity contribution in [2.45, 2.75) is 17.7 Å². The monoisotopic (exact) mass is 172 g/mol. The fourth-order valence-corrected chi connectivity index (χ4v) is 1.74. The third kappa shape index (κ3) is 1.07. The largest absolute Gasteiger partial charge is 0.126 e. The molecule has 1 aliphatic rings. The van der Waals surface area contributed by atoms with Gasteiger partial charge in [-0.05, 0) is 12.8 Å². The van der Waals surface area contributed by atoms with Gasteiger partial charge in [0.2, 0.25) is 0 Å². The van der Waals surface area contributed by atoms with Crippen LogP contribution in [-0.4, -0.2) is 10.7 Å². The summed E-state index contributed by atoms with van der Waals surface area (Å²) in [6.07, 6.45) is 2.18. The lowest BCUT2D eigenvalue weighted by molar-refractivity contribution is 0.635. The summed E-state index contributed by atoms with van der Waals surface area (Å²) in [5.74, 6) is 0.602. The maximum absolute atomic E-state index is 5.61. The first-order valence-corrected chi connectivity index (χ1v) is 3.96.